The summed E-state index contributed by atoms with van der Waals surface area (Å²) in [4.78, 5) is 13.9. The van der Waals surface area contributed by atoms with Crippen molar-refractivity contribution in [3.05, 3.63) is 29.3 Å². The number of nitrogens with one attached hydrogen (secondary N) is 1. The second-order valence-electron chi connectivity index (χ2n) is 4.26. The van der Waals surface area contributed by atoms with Crippen molar-refractivity contribution in [2.45, 2.75) is 30.8 Å². The van der Waals surface area contributed by atoms with Crippen LogP contribution in [0.1, 0.15) is 18.1 Å². The monoisotopic (exact) mass is 290 g/mol. The normalized spacial score (nSPS) is 10.4. The number of benzene rings is 1. The molecule has 1 aromatic heterocycles. The molecule has 20 heavy (non-hydrogen) atoms. The molecule has 0 saturated carbocycles. The number of ether oxygens (including phenoxy) is 1. The van der Waals surface area contributed by atoms with E-state index in [4.69, 9.17) is 4.74 Å². The first-order valence-corrected chi connectivity index (χ1v) is 7.25. The SMILES string of the molecule is CCOc1nc(NC)nc(Sc2ccc(C)c(C)c2)n1. The molecule has 2 aromatic rings. The summed E-state index contributed by atoms with van der Waals surface area (Å²) >= 11 is 1.50. The zero-order chi connectivity index (χ0) is 14.5. The van der Waals surface area contributed by atoms with Gasteiger partial charge in [0.25, 0.3) is 0 Å². The van der Waals surface area contributed by atoms with Crippen LogP contribution < -0.4 is 10.1 Å². The summed E-state index contributed by atoms with van der Waals surface area (Å²) in [5, 5.41) is 3.54. The van der Waals surface area contributed by atoms with Gasteiger partial charge in [-0.2, -0.15) is 15.0 Å². The highest BCUT2D eigenvalue weighted by Gasteiger charge is 2.08. The number of aryl methyl sites for hydroxylation is 2. The molecule has 0 aliphatic heterocycles. The van der Waals surface area contributed by atoms with Crippen molar-refractivity contribution < 1.29 is 4.74 Å². The first-order valence-electron chi connectivity index (χ1n) is 6.44. The predicted molar refractivity (Wildman–Crippen MR) is 80.6 cm³/mol. The summed E-state index contributed by atoms with van der Waals surface area (Å²) in [6.07, 6.45) is 0. The molecule has 0 spiro atoms. The molecule has 0 amide bonds. The number of aromatic nitrogens is 3. The highest BCUT2D eigenvalue weighted by molar-refractivity contribution is 7.99. The van der Waals surface area contributed by atoms with Crippen molar-refractivity contribution in [3.63, 3.8) is 0 Å². The average molecular weight is 290 g/mol. The first kappa shape index (κ1) is 14.6. The summed E-state index contributed by atoms with van der Waals surface area (Å²) in [5.41, 5.74) is 2.53. The van der Waals surface area contributed by atoms with E-state index in [1.807, 2.05) is 6.92 Å². The van der Waals surface area contributed by atoms with Gasteiger partial charge in [0, 0.05) is 11.9 Å². The minimum Gasteiger partial charge on any atom is -0.464 e. The van der Waals surface area contributed by atoms with Crippen LogP contribution in [0.25, 0.3) is 0 Å². The van der Waals surface area contributed by atoms with Gasteiger partial charge >= 0.3 is 6.01 Å². The van der Waals surface area contributed by atoms with E-state index >= 15 is 0 Å². The Morgan fingerprint density at radius 1 is 1.15 bits per heavy atom. The lowest BCUT2D eigenvalue weighted by atomic mass is 10.1. The molecular formula is C14H18N4OS. The van der Waals surface area contributed by atoms with Gasteiger partial charge in [-0.3, -0.25) is 0 Å². The Labute approximate surface area is 123 Å². The fourth-order valence-corrected chi connectivity index (χ4v) is 2.41. The van der Waals surface area contributed by atoms with E-state index in [0.717, 1.165) is 4.90 Å². The maximum Gasteiger partial charge on any atom is 0.322 e. The Morgan fingerprint density at radius 2 is 1.95 bits per heavy atom. The fourth-order valence-electron chi connectivity index (χ4n) is 1.57. The molecule has 5 nitrogen and oxygen atoms in total. The summed E-state index contributed by atoms with van der Waals surface area (Å²) < 4.78 is 5.35. The third-order valence-corrected chi connectivity index (χ3v) is 3.63. The van der Waals surface area contributed by atoms with E-state index in [0.29, 0.717) is 23.7 Å². The second kappa shape index (κ2) is 6.56. The molecule has 6 heteroatoms. The van der Waals surface area contributed by atoms with E-state index < -0.39 is 0 Å². The summed E-state index contributed by atoms with van der Waals surface area (Å²) in [7, 11) is 1.77. The maximum absolute atomic E-state index is 5.35. The van der Waals surface area contributed by atoms with Crippen LogP contribution >= 0.6 is 11.8 Å². The lowest BCUT2D eigenvalue weighted by Crippen LogP contribution is -2.04. The Hall–Kier alpha value is -1.82. The quantitative estimate of drug-likeness (QED) is 0.913. The smallest absolute Gasteiger partial charge is 0.322 e. The number of rotatable bonds is 5. The van der Waals surface area contributed by atoms with E-state index in [2.05, 4.69) is 52.3 Å². The summed E-state index contributed by atoms with van der Waals surface area (Å²) in [5.74, 6) is 0.509. The van der Waals surface area contributed by atoms with Crippen molar-refractivity contribution in [1.29, 1.82) is 0 Å². The van der Waals surface area contributed by atoms with Crippen molar-refractivity contribution in [1.82, 2.24) is 15.0 Å². The van der Waals surface area contributed by atoms with Gasteiger partial charge in [0.2, 0.25) is 11.1 Å². The Bertz CT molecular complexity index is 604. The third-order valence-electron chi connectivity index (χ3n) is 2.78. The molecule has 106 valence electrons. The van der Waals surface area contributed by atoms with Crippen LogP contribution in [0.15, 0.2) is 28.3 Å². The zero-order valence-electron chi connectivity index (χ0n) is 12.1. The van der Waals surface area contributed by atoms with Gasteiger partial charge in [0.05, 0.1) is 6.61 Å². The van der Waals surface area contributed by atoms with Crippen LogP contribution in [0.5, 0.6) is 6.01 Å². The van der Waals surface area contributed by atoms with E-state index in [-0.39, 0.29) is 0 Å². The van der Waals surface area contributed by atoms with Gasteiger partial charge in [0.1, 0.15) is 0 Å². The summed E-state index contributed by atoms with van der Waals surface area (Å²) in [6, 6.07) is 6.64. The van der Waals surface area contributed by atoms with E-state index in [1.54, 1.807) is 7.05 Å². The van der Waals surface area contributed by atoms with Crippen LogP contribution in [0.4, 0.5) is 5.95 Å². The van der Waals surface area contributed by atoms with Crippen LogP contribution in [0, 0.1) is 13.8 Å². The van der Waals surface area contributed by atoms with Crippen LogP contribution in [0.3, 0.4) is 0 Å². The molecule has 0 bridgehead atoms. The highest BCUT2D eigenvalue weighted by atomic mass is 32.2. The molecule has 0 aliphatic carbocycles. The highest BCUT2D eigenvalue weighted by Crippen LogP contribution is 2.27. The van der Waals surface area contributed by atoms with E-state index in [9.17, 15) is 0 Å². The lowest BCUT2D eigenvalue weighted by Gasteiger charge is -2.07. The number of nitrogens with zero attached hydrogens (tertiary/aromatic N) is 3. The maximum atomic E-state index is 5.35. The van der Waals surface area contributed by atoms with Crippen molar-refractivity contribution in [2.75, 3.05) is 19.0 Å². The lowest BCUT2D eigenvalue weighted by molar-refractivity contribution is 0.308. The van der Waals surface area contributed by atoms with Crippen molar-refractivity contribution in [2.24, 2.45) is 0 Å². The molecule has 0 aliphatic rings. The molecule has 0 radical (unpaired) electrons. The molecule has 0 unspecified atom stereocenters. The van der Waals surface area contributed by atoms with Crippen molar-refractivity contribution in [3.8, 4) is 6.01 Å². The van der Waals surface area contributed by atoms with E-state index in [1.165, 1.54) is 22.9 Å². The third kappa shape index (κ3) is 3.60. The average Bonchev–Trinajstić information content (AvgIpc) is 2.43. The molecule has 0 fully saturated rings. The van der Waals surface area contributed by atoms with Crippen LogP contribution in [-0.2, 0) is 0 Å². The minimum absolute atomic E-state index is 0.346. The van der Waals surface area contributed by atoms with Crippen LogP contribution in [0.2, 0.25) is 0 Å². The Kier molecular flexibility index (Phi) is 4.79. The molecule has 0 atom stereocenters. The standard InChI is InChI=1S/C14H18N4OS/c1-5-19-13-16-12(15-4)17-14(18-13)20-11-7-6-9(2)10(3)8-11/h6-8H,5H2,1-4H3,(H,15,16,17,18). The Morgan fingerprint density at radius 3 is 2.60 bits per heavy atom. The number of anilines is 1. The van der Waals surface area contributed by atoms with Gasteiger partial charge in [-0.15, -0.1) is 0 Å². The molecule has 2 rings (SSSR count). The largest absolute Gasteiger partial charge is 0.464 e. The number of hydrogen-bond acceptors (Lipinski definition) is 6. The topological polar surface area (TPSA) is 59.9 Å². The minimum atomic E-state index is 0.346. The van der Waals surface area contributed by atoms with Gasteiger partial charge in [-0.25, -0.2) is 0 Å². The van der Waals surface area contributed by atoms with Gasteiger partial charge in [-0.1, -0.05) is 6.07 Å². The molecule has 0 saturated heterocycles. The van der Waals surface area contributed by atoms with Gasteiger partial charge in [-0.05, 0) is 55.8 Å². The van der Waals surface area contributed by atoms with Crippen LogP contribution in [-0.4, -0.2) is 28.6 Å². The van der Waals surface area contributed by atoms with Gasteiger partial charge in [0.15, 0.2) is 0 Å². The Balaban J connectivity index is 2.27. The summed E-state index contributed by atoms with van der Waals surface area (Å²) in [6.45, 7) is 6.62. The first-order chi connectivity index (χ1) is 9.62. The van der Waals surface area contributed by atoms with Crippen molar-refractivity contribution >= 4 is 17.7 Å². The molecular weight excluding hydrogens is 272 g/mol. The predicted octanol–water partition coefficient (Wildman–Crippen LogP) is 3.08. The number of hydrogen-bond donors (Lipinski definition) is 1. The second-order valence-corrected chi connectivity index (χ2v) is 5.30. The fraction of sp³-hybridized carbons (Fsp3) is 0.357. The molecule has 1 N–H and O–H groups in total. The molecule has 1 aromatic carbocycles. The zero-order valence-corrected chi connectivity index (χ0v) is 12.9. The van der Waals surface area contributed by atoms with Gasteiger partial charge < -0.3 is 10.1 Å². The molecule has 1 heterocycles.